The van der Waals surface area contributed by atoms with Gasteiger partial charge < -0.3 is 15.5 Å². The number of nitrogens with one attached hydrogen (secondary N) is 2. The SMILES string of the molecule is CCCCN(CC)c1ccc(C(=O)Nc2ccc(N3CCNC3=O)cc2)cc1. The smallest absolute Gasteiger partial charge is 0.321 e. The summed E-state index contributed by atoms with van der Waals surface area (Å²) in [6.45, 7) is 7.62. The third-order valence-electron chi connectivity index (χ3n) is 4.95. The van der Waals surface area contributed by atoms with Gasteiger partial charge in [-0.3, -0.25) is 9.69 Å². The van der Waals surface area contributed by atoms with E-state index in [1.165, 1.54) is 0 Å². The van der Waals surface area contributed by atoms with E-state index < -0.39 is 0 Å². The van der Waals surface area contributed by atoms with Crippen LogP contribution in [0.5, 0.6) is 0 Å². The maximum Gasteiger partial charge on any atom is 0.321 e. The first-order valence-corrected chi connectivity index (χ1v) is 9.94. The number of rotatable bonds is 8. The van der Waals surface area contributed by atoms with Gasteiger partial charge in [-0.15, -0.1) is 0 Å². The van der Waals surface area contributed by atoms with Crippen molar-refractivity contribution < 1.29 is 9.59 Å². The van der Waals surface area contributed by atoms with Crippen molar-refractivity contribution in [1.82, 2.24) is 5.32 Å². The average molecular weight is 380 g/mol. The molecule has 28 heavy (non-hydrogen) atoms. The summed E-state index contributed by atoms with van der Waals surface area (Å²) in [5, 5.41) is 5.69. The molecule has 0 atom stereocenters. The number of amides is 3. The molecule has 0 aromatic heterocycles. The zero-order chi connectivity index (χ0) is 19.9. The van der Waals surface area contributed by atoms with Crippen molar-refractivity contribution in [2.24, 2.45) is 0 Å². The molecule has 0 saturated carbocycles. The molecule has 6 heteroatoms. The Kier molecular flexibility index (Phi) is 6.53. The van der Waals surface area contributed by atoms with Gasteiger partial charge >= 0.3 is 6.03 Å². The molecule has 0 radical (unpaired) electrons. The van der Waals surface area contributed by atoms with Gasteiger partial charge in [0.25, 0.3) is 5.91 Å². The number of carbonyl (C=O) groups is 2. The Labute approximate surface area is 166 Å². The summed E-state index contributed by atoms with van der Waals surface area (Å²) in [4.78, 5) is 28.3. The molecular weight excluding hydrogens is 352 g/mol. The zero-order valence-corrected chi connectivity index (χ0v) is 16.6. The summed E-state index contributed by atoms with van der Waals surface area (Å²) in [5.41, 5.74) is 3.29. The Bertz CT molecular complexity index is 802. The van der Waals surface area contributed by atoms with E-state index in [1.54, 1.807) is 4.90 Å². The summed E-state index contributed by atoms with van der Waals surface area (Å²) in [6.07, 6.45) is 2.32. The molecule has 0 aliphatic carbocycles. The Morgan fingerprint density at radius 1 is 1.11 bits per heavy atom. The van der Waals surface area contributed by atoms with Gasteiger partial charge in [-0.1, -0.05) is 13.3 Å². The number of anilines is 3. The van der Waals surface area contributed by atoms with Gasteiger partial charge in [0, 0.05) is 48.8 Å². The number of benzene rings is 2. The van der Waals surface area contributed by atoms with E-state index in [-0.39, 0.29) is 11.9 Å². The fourth-order valence-electron chi connectivity index (χ4n) is 3.29. The number of hydrogen-bond donors (Lipinski definition) is 2. The third kappa shape index (κ3) is 4.63. The molecule has 3 amide bonds. The molecule has 1 fully saturated rings. The standard InChI is InChI=1S/C22H28N4O2/c1-3-5-15-25(4-2)19-10-6-17(7-11-19)21(27)24-18-8-12-20(13-9-18)26-16-14-23-22(26)28/h6-13H,3-5,14-16H2,1-2H3,(H,23,28)(H,24,27). The molecule has 1 heterocycles. The van der Waals surface area contributed by atoms with Gasteiger partial charge in [-0.2, -0.15) is 0 Å². The third-order valence-corrected chi connectivity index (χ3v) is 4.95. The van der Waals surface area contributed by atoms with E-state index in [1.807, 2.05) is 48.5 Å². The molecule has 3 rings (SSSR count). The lowest BCUT2D eigenvalue weighted by Crippen LogP contribution is -2.27. The minimum Gasteiger partial charge on any atom is -0.372 e. The van der Waals surface area contributed by atoms with Crippen molar-refractivity contribution in [2.75, 3.05) is 41.3 Å². The molecule has 2 aromatic rings. The monoisotopic (exact) mass is 380 g/mol. The Hall–Kier alpha value is -3.02. The van der Waals surface area contributed by atoms with Crippen LogP contribution in [0, 0.1) is 0 Å². The van der Waals surface area contributed by atoms with E-state index in [4.69, 9.17) is 0 Å². The molecule has 1 aliphatic heterocycles. The minimum absolute atomic E-state index is 0.0862. The Morgan fingerprint density at radius 3 is 2.39 bits per heavy atom. The van der Waals surface area contributed by atoms with Crippen LogP contribution in [-0.4, -0.2) is 38.1 Å². The topological polar surface area (TPSA) is 64.7 Å². The van der Waals surface area contributed by atoms with Crippen LogP contribution in [0.25, 0.3) is 0 Å². The van der Waals surface area contributed by atoms with Crippen molar-refractivity contribution >= 4 is 29.0 Å². The maximum atomic E-state index is 12.5. The second kappa shape index (κ2) is 9.26. The van der Waals surface area contributed by atoms with Gasteiger partial charge in [0.1, 0.15) is 0 Å². The summed E-state index contributed by atoms with van der Waals surface area (Å²) in [7, 11) is 0. The average Bonchev–Trinajstić information content (AvgIpc) is 3.15. The predicted molar refractivity (Wildman–Crippen MR) is 114 cm³/mol. The summed E-state index contributed by atoms with van der Waals surface area (Å²) >= 11 is 0. The first-order valence-electron chi connectivity index (χ1n) is 9.94. The fraction of sp³-hybridized carbons (Fsp3) is 0.364. The molecule has 1 aliphatic rings. The molecule has 6 nitrogen and oxygen atoms in total. The van der Waals surface area contributed by atoms with Crippen LogP contribution in [0.4, 0.5) is 21.9 Å². The molecule has 1 saturated heterocycles. The molecule has 148 valence electrons. The van der Waals surface area contributed by atoms with Gasteiger partial charge in [0.2, 0.25) is 0 Å². The van der Waals surface area contributed by atoms with Crippen LogP contribution in [0.2, 0.25) is 0 Å². The van der Waals surface area contributed by atoms with E-state index >= 15 is 0 Å². The highest BCUT2D eigenvalue weighted by Crippen LogP contribution is 2.21. The van der Waals surface area contributed by atoms with Crippen molar-refractivity contribution in [3.63, 3.8) is 0 Å². The normalized spacial score (nSPS) is 13.4. The lowest BCUT2D eigenvalue weighted by atomic mass is 10.1. The van der Waals surface area contributed by atoms with Crippen molar-refractivity contribution in [2.45, 2.75) is 26.7 Å². The fourth-order valence-corrected chi connectivity index (χ4v) is 3.29. The van der Waals surface area contributed by atoms with Crippen molar-refractivity contribution in [3.8, 4) is 0 Å². The quantitative estimate of drug-likeness (QED) is 0.725. The Balaban J connectivity index is 1.62. The van der Waals surface area contributed by atoms with Crippen LogP contribution in [0.1, 0.15) is 37.0 Å². The zero-order valence-electron chi connectivity index (χ0n) is 16.6. The lowest BCUT2D eigenvalue weighted by molar-refractivity contribution is 0.102. The number of hydrogen-bond acceptors (Lipinski definition) is 3. The lowest BCUT2D eigenvalue weighted by Gasteiger charge is -2.23. The van der Waals surface area contributed by atoms with Crippen molar-refractivity contribution in [1.29, 1.82) is 0 Å². The Morgan fingerprint density at radius 2 is 1.82 bits per heavy atom. The molecular formula is C22H28N4O2. The largest absolute Gasteiger partial charge is 0.372 e. The van der Waals surface area contributed by atoms with E-state index in [9.17, 15) is 9.59 Å². The first kappa shape index (κ1) is 19.7. The van der Waals surface area contributed by atoms with Gasteiger partial charge in [0.15, 0.2) is 0 Å². The minimum atomic E-state index is -0.144. The van der Waals surface area contributed by atoms with Crippen LogP contribution in [0.15, 0.2) is 48.5 Å². The molecule has 2 aromatic carbocycles. The summed E-state index contributed by atoms with van der Waals surface area (Å²) < 4.78 is 0. The van der Waals surface area contributed by atoms with Gasteiger partial charge in [0.05, 0.1) is 0 Å². The second-order valence-electron chi connectivity index (χ2n) is 6.86. The number of carbonyl (C=O) groups excluding carboxylic acids is 2. The highest BCUT2D eigenvalue weighted by molar-refractivity contribution is 6.04. The molecule has 0 unspecified atom stereocenters. The number of unbranched alkanes of at least 4 members (excludes halogenated alkanes) is 1. The van der Waals surface area contributed by atoms with E-state index in [0.29, 0.717) is 24.3 Å². The highest BCUT2D eigenvalue weighted by atomic mass is 16.2. The van der Waals surface area contributed by atoms with Gasteiger partial charge in [-0.25, -0.2) is 4.79 Å². The molecule has 2 N–H and O–H groups in total. The first-order chi connectivity index (χ1) is 13.6. The maximum absolute atomic E-state index is 12.5. The van der Waals surface area contributed by atoms with Crippen LogP contribution in [-0.2, 0) is 0 Å². The van der Waals surface area contributed by atoms with Crippen LogP contribution in [0.3, 0.4) is 0 Å². The highest BCUT2D eigenvalue weighted by Gasteiger charge is 2.20. The number of nitrogens with zero attached hydrogens (tertiary/aromatic N) is 2. The molecule has 0 bridgehead atoms. The van der Waals surface area contributed by atoms with Crippen LogP contribution < -0.4 is 20.4 Å². The summed E-state index contributed by atoms with van der Waals surface area (Å²) in [6, 6.07) is 15.0. The van der Waals surface area contributed by atoms with Crippen molar-refractivity contribution in [3.05, 3.63) is 54.1 Å². The van der Waals surface area contributed by atoms with E-state index in [2.05, 4.69) is 29.4 Å². The number of urea groups is 1. The summed E-state index contributed by atoms with van der Waals surface area (Å²) in [5.74, 6) is -0.144. The van der Waals surface area contributed by atoms with E-state index in [0.717, 1.165) is 37.3 Å². The predicted octanol–water partition coefficient (Wildman–Crippen LogP) is 4.09. The molecule has 0 spiro atoms. The van der Waals surface area contributed by atoms with Gasteiger partial charge in [-0.05, 0) is 61.9 Å². The second-order valence-corrected chi connectivity index (χ2v) is 6.86. The van der Waals surface area contributed by atoms with Crippen LogP contribution >= 0.6 is 0 Å².